The van der Waals surface area contributed by atoms with Gasteiger partial charge in [0.15, 0.2) is 0 Å². The fourth-order valence-corrected chi connectivity index (χ4v) is 2.46. The molecule has 1 aromatic carbocycles. The van der Waals surface area contributed by atoms with Gasteiger partial charge in [-0.15, -0.1) is 0 Å². The van der Waals surface area contributed by atoms with Crippen molar-refractivity contribution in [2.75, 3.05) is 13.2 Å². The highest BCUT2D eigenvalue weighted by molar-refractivity contribution is 5.81. The summed E-state index contributed by atoms with van der Waals surface area (Å²) in [5.74, 6) is 0.569. The van der Waals surface area contributed by atoms with Gasteiger partial charge in [0.2, 0.25) is 0 Å². The second kappa shape index (κ2) is 8.41. The Bertz CT molecular complexity index is 577. The molecule has 0 saturated heterocycles. The number of carbonyl (C=O) groups excluding carboxylic acids is 1. The highest BCUT2D eigenvalue weighted by Gasteiger charge is 2.30. The molecule has 4 nitrogen and oxygen atoms in total. The van der Waals surface area contributed by atoms with E-state index < -0.39 is 5.97 Å². The van der Waals surface area contributed by atoms with E-state index in [4.69, 9.17) is 9.47 Å². The average molecular weight is 348 g/mol. The van der Waals surface area contributed by atoms with Crippen LogP contribution in [-0.4, -0.2) is 24.3 Å². The zero-order chi connectivity index (χ0) is 19.3. The number of ether oxygens (including phenoxy) is 2. The second-order valence-electron chi connectivity index (χ2n) is 7.56. The summed E-state index contributed by atoms with van der Waals surface area (Å²) in [7, 11) is 0. The molecule has 1 aromatic rings. The number of aromatic hydroxyl groups is 1. The fraction of sp³-hybridized carbons (Fsp3) is 0.571. The van der Waals surface area contributed by atoms with Crippen LogP contribution in [0.5, 0.6) is 11.5 Å². The van der Waals surface area contributed by atoms with Crippen LogP contribution in [0, 0.1) is 0 Å². The van der Waals surface area contributed by atoms with Crippen LogP contribution in [0.4, 0.5) is 0 Å². The zero-order valence-corrected chi connectivity index (χ0v) is 16.4. The van der Waals surface area contributed by atoms with Crippen LogP contribution in [0.1, 0.15) is 65.5 Å². The standard InChI is InChI=1S/C21H32O4/c1-8-18(22)25-12-11-24-15-13-16(20(4,5)9-2)19(23)17(14-15)21(6,7)10-3/h8,13-14,23H,1,9-12H2,2-7H3. The van der Waals surface area contributed by atoms with Crippen LogP contribution < -0.4 is 4.74 Å². The lowest BCUT2D eigenvalue weighted by Gasteiger charge is -2.31. The number of phenols is 1. The van der Waals surface area contributed by atoms with Crippen molar-refractivity contribution in [3.63, 3.8) is 0 Å². The molecule has 0 radical (unpaired) electrons. The first-order valence-electron chi connectivity index (χ1n) is 8.89. The molecule has 0 fully saturated rings. The van der Waals surface area contributed by atoms with E-state index in [-0.39, 0.29) is 24.0 Å². The smallest absolute Gasteiger partial charge is 0.330 e. The summed E-state index contributed by atoms with van der Waals surface area (Å²) >= 11 is 0. The van der Waals surface area contributed by atoms with Gasteiger partial charge in [-0.05, 0) is 35.8 Å². The van der Waals surface area contributed by atoms with E-state index in [0.29, 0.717) is 11.5 Å². The lowest BCUT2D eigenvalue weighted by Crippen LogP contribution is -2.21. The van der Waals surface area contributed by atoms with Gasteiger partial charge < -0.3 is 14.6 Å². The summed E-state index contributed by atoms with van der Waals surface area (Å²) in [5.41, 5.74) is 1.42. The summed E-state index contributed by atoms with van der Waals surface area (Å²) in [4.78, 5) is 11.1. The number of hydrogen-bond acceptors (Lipinski definition) is 4. The van der Waals surface area contributed by atoms with Crippen molar-refractivity contribution >= 4 is 5.97 Å². The Morgan fingerprint density at radius 1 is 1.08 bits per heavy atom. The first-order chi connectivity index (χ1) is 11.6. The molecule has 0 bridgehead atoms. The third kappa shape index (κ3) is 5.25. The van der Waals surface area contributed by atoms with Crippen LogP contribution in [0.3, 0.4) is 0 Å². The topological polar surface area (TPSA) is 55.8 Å². The molecular weight excluding hydrogens is 316 g/mol. The fourth-order valence-electron chi connectivity index (χ4n) is 2.46. The molecular formula is C21H32O4. The van der Waals surface area contributed by atoms with Crippen molar-refractivity contribution in [3.05, 3.63) is 35.9 Å². The average Bonchev–Trinajstić information content (AvgIpc) is 2.58. The number of rotatable bonds is 9. The summed E-state index contributed by atoms with van der Waals surface area (Å²) in [6, 6.07) is 3.78. The third-order valence-corrected chi connectivity index (χ3v) is 5.07. The predicted octanol–water partition coefficient (Wildman–Crippen LogP) is 4.88. The second-order valence-corrected chi connectivity index (χ2v) is 7.56. The van der Waals surface area contributed by atoms with E-state index in [9.17, 15) is 9.90 Å². The van der Waals surface area contributed by atoms with Crippen molar-refractivity contribution in [2.24, 2.45) is 0 Å². The molecule has 0 atom stereocenters. The number of phenolic OH excluding ortho intramolecular Hbond substituents is 1. The lowest BCUT2D eigenvalue weighted by molar-refractivity contribution is -0.138. The van der Waals surface area contributed by atoms with E-state index in [1.807, 2.05) is 12.1 Å². The summed E-state index contributed by atoms with van der Waals surface area (Å²) < 4.78 is 10.7. The Morgan fingerprint density at radius 3 is 1.96 bits per heavy atom. The maximum atomic E-state index is 11.1. The summed E-state index contributed by atoms with van der Waals surface area (Å²) in [5, 5.41) is 10.9. The van der Waals surface area contributed by atoms with Gasteiger partial charge in [-0.2, -0.15) is 0 Å². The largest absolute Gasteiger partial charge is 0.507 e. The summed E-state index contributed by atoms with van der Waals surface area (Å²) in [6.45, 7) is 16.4. The molecule has 1 N–H and O–H groups in total. The van der Waals surface area contributed by atoms with Gasteiger partial charge in [-0.3, -0.25) is 0 Å². The molecule has 25 heavy (non-hydrogen) atoms. The van der Waals surface area contributed by atoms with Gasteiger partial charge in [-0.25, -0.2) is 4.79 Å². The van der Waals surface area contributed by atoms with Gasteiger partial charge in [0, 0.05) is 17.2 Å². The van der Waals surface area contributed by atoms with Crippen LogP contribution in [-0.2, 0) is 20.4 Å². The first-order valence-corrected chi connectivity index (χ1v) is 8.89. The summed E-state index contributed by atoms with van der Waals surface area (Å²) in [6.07, 6.45) is 2.92. The Balaban J connectivity index is 3.17. The molecule has 1 rings (SSSR count). The number of esters is 1. The van der Waals surface area contributed by atoms with Gasteiger partial charge in [0.05, 0.1) is 0 Å². The zero-order valence-electron chi connectivity index (χ0n) is 16.4. The molecule has 0 spiro atoms. The molecule has 140 valence electrons. The monoisotopic (exact) mass is 348 g/mol. The van der Waals surface area contributed by atoms with Crippen LogP contribution >= 0.6 is 0 Å². The molecule has 0 unspecified atom stereocenters. The molecule has 0 aromatic heterocycles. The first kappa shape index (κ1) is 21.1. The maximum Gasteiger partial charge on any atom is 0.330 e. The molecule has 0 aliphatic carbocycles. The van der Waals surface area contributed by atoms with Crippen LogP contribution in [0.15, 0.2) is 24.8 Å². The molecule has 0 aliphatic rings. The van der Waals surface area contributed by atoms with Crippen molar-refractivity contribution in [1.82, 2.24) is 0 Å². The predicted molar refractivity (Wildman–Crippen MR) is 101 cm³/mol. The van der Waals surface area contributed by atoms with Crippen molar-refractivity contribution in [3.8, 4) is 11.5 Å². The number of benzene rings is 1. The quantitative estimate of drug-likeness (QED) is 0.393. The molecule has 0 heterocycles. The molecule has 0 saturated carbocycles. The van der Waals surface area contributed by atoms with Crippen molar-refractivity contribution in [1.29, 1.82) is 0 Å². The third-order valence-electron chi connectivity index (χ3n) is 5.07. The van der Waals surface area contributed by atoms with Crippen molar-refractivity contribution in [2.45, 2.75) is 65.2 Å². The van der Waals surface area contributed by atoms with Gasteiger partial charge in [0.25, 0.3) is 0 Å². The Labute approximate surface area is 151 Å². The number of hydrogen-bond donors (Lipinski definition) is 1. The SMILES string of the molecule is C=CC(=O)OCCOc1cc(C(C)(C)CC)c(O)c(C(C)(C)CC)c1. The lowest BCUT2D eigenvalue weighted by atomic mass is 9.75. The highest BCUT2D eigenvalue weighted by atomic mass is 16.6. The maximum absolute atomic E-state index is 11.1. The van der Waals surface area contributed by atoms with Gasteiger partial charge in [-0.1, -0.05) is 48.1 Å². The molecule has 0 amide bonds. The van der Waals surface area contributed by atoms with E-state index in [0.717, 1.165) is 30.0 Å². The molecule has 4 heteroatoms. The number of carbonyl (C=O) groups is 1. The van der Waals surface area contributed by atoms with E-state index >= 15 is 0 Å². The van der Waals surface area contributed by atoms with Crippen molar-refractivity contribution < 1.29 is 19.4 Å². The van der Waals surface area contributed by atoms with E-state index in [1.165, 1.54) is 0 Å². The van der Waals surface area contributed by atoms with Gasteiger partial charge in [0.1, 0.15) is 24.7 Å². The van der Waals surface area contributed by atoms with Crippen LogP contribution in [0.25, 0.3) is 0 Å². The Morgan fingerprint density at radius 2 is 1.56 bits per heavy atom. The van der Waals surface area contributed by atoms with Gasteiger partial charge >= 0.3 is 5.97 Å². The minimum atomic E-state index is -0.463. The Hall–Kier alpha value is -1.97. The van der Waals surface area contributed by atoms with Crippen LogP contribution in [0.2, 0.25) is 0 Å². The molecule has 0 aliphatic heterocycles. The minimum Gasteiger partial charge on any atom is -0.507 e. The van der Waals surface area contributed by atoms with E-state index in [2.05, 4.69) is 48.1 Å². The Kier molecular flexibility index (Phi) is 7.09. The highest BCUT2D eigenvalue weighted by Crippen LogP contribution is 2.43. The minimum absolute atomic E-state index is 0.157. The van der Waals surface area contributed by atoms with E-state index in [1.54, 1.807) is 0 Å². The normalized spacial score (nSPS) is 11.9.